The van der Waals surface area contributed by atoms with Gasteiger partial charge in [-0.25, -0.2) is 0 Å². The molecule has 9 aromatic carbocycles. The summed E-state index contributed by atoms with van der Waals surface area (Å²) in [7, 11) is 0. The van der Waals surface area contributed by atoms with E-state index >= 15 is 0 Å². The first kappa shape index (κ1) is 33.2. The lowest BCUT2D eigenvalue weighted by Gasteiger charge is -2.28. The first-order valence-corrected chi connectivity index (χ1v) is 19.2. The minimum Gasteiger partial charge on any atom is -0.310 e. The molecule has 0 aliphatic rings. The highest BCUT2D eigenvalue weighted by atomic mass is 15.1. The predicted octanol–water partition coefficient (Wildman–Crippen LogP) is 14.9. The SMILES string of the molecule is c1ccc(-c2ccc(N(c3ccc(-c4ccccc4)cc3)c3ccccc3-c3cccc(-c4ccccc4-n4c5ccccc5c5ccccc54)c3)cc2)cc1. The van der Waals surface area contributed by atoms with Crippen LogP contribution in [0.4, 0.5) is 17.1 Å². The van der Waals surface area contributed by atoms with Gasteiger partial charge in [0.05, 0.1) is 22.4 Å². The maximum Gasteiger partial charge on any atom is 0.0541 e. The van der Waals surface area contributed by atoms with E-state index in [0.29, 0.717) is 0 Å². The number of nitrogens with zero attached hydrogens (tertiary/aromatic N) is 2. The normalized spacial score (nSPS) is 11.2. The zero-order valence-corrected chi connectivity index (χ0v) is 30.8. The van der Waals surface area contributed by atoms with E-state index in [2.05, 4.69) is 240 Å². The molecule has 0 saturated heterocycles. The third kappa shape index (κ3) is 6.04. The van der Waals surface area contributed by atoms with Gasteiger partial charge >= 0.3 is 0 Å². The Balaban J connectivity index is 1.10. The van der Waals surface area contributed by atoms with Crippen LogP contribution >= 0.6 is 0 Å². The van der Waals surface area contributed by atoms with Gasteiger partial charge in [-0.15, -0.1) is 0 Å². The second kappa shape index (κ2) is 14.4. The van der Waals surface area contributed by atoms with E-state index in [1.807, 2.05) is 0 Å². The van der Waals surface area contributed by atoms with Crippen molar-refractivity contribution in [2.45, 2.75) is 0 Å². The fourth-order valence-electron chi connectivity index (χ4n) is 8.16. The molecule has 10 aromatic rings. The Labute approximate surface area is 327 Å². The van der Waals surface area contributed by atoms with E-state index in [1.165, 1.54) is 55.2 Å². The molecule has 0 N–H and O–H groups in total. The number of hydrogen-bond donors (Lipinski definition) is 0. The molecule has 1 heterocycles. The average molecular weight is 715 g/mol. The standard InChI is InChI=1S/C54H38N2/c1-3-16-39(17-4-1)41-30-34-45(35-31-41)55(46-36-32-42(33-37-46)40-18-5-2-6-19-40)51-26-11-7-22-47(51)43-20-15-21-44(38-43)48-23-8-12-27-52(48)56-53-28-13-9-24-49(53)50-25-10-14-29-54(50)56/h1-38H. The molecule has 0 aliphatic carbocycles. The number of fused-ring (bicyclic) bond motifs is 3. The van der Waals surface area contributed by atoms with Crippen molar-refractivity contribution < 1.29 is 0 Å². The van der Waals surface area contributed by atoms with Crippen molar-refractivity contribution in [2.75, 3.05) is 4.90 Å². The summed E-state index contributed by atoms with van der Waals surface area (Å²) in [5, 5.41) is 2.52. The Morgan fingerprint density at radius 3 is 1.27 bits per heavy atom. The molecular formula is C54H38N2. The summed E-state index contributed by atoms with van der Waals surface area (Å²) < 4.78 is 2.42. The van der Waals surface area contributed by atoms with Crippen LogP contribution in [0, 0.1) is 0 Å². The number of aromatic nitrogens is 1. The summed E-state index contributed by atoms with van der Waals surface area (Å²) in [6.45, 7) is 0. The van der Waals surface area contributed by atoms with Crippen LogP contribution in [-0.4, -0.2) is 4.57 Å². The van der Waals surface area contributed by atoms with Crippen LogP contribution in [0.25, 0.3) is 72.0 Å². The van der Waals surface area contributed by atoms with Crippen LogP contribution in [0.3, 0.4) is 0 Å². The van der Waals surface area contributed by atoms with Crippen LogP contribution in [0.5, 0.6) is 0 Å². The predicted molar refractivity (Wildman–Crippen MR) is 237 cm³/mol. The molecule has 0 amide bonds. The number of hydrogen-bond acceptors (Lipinski definition) is 1. The molecule has 0 bridgehead atoms. The van der Waals surface area contributed by atoms with Crippen molar-refractivity contribution in [1.82, 2.24) is 4.57 Å². The van der Waals surface area contributed by atoms with Gasteiger partial charge in [0.15, 0.2) is 0 Å². The largest absolute Gasteiger partial charge is 0.310 e. The third-order valence-electron chi connectivity index (χ3n) is 10.8. The van der Waals surface area contributed by atoms with Gasteiger partial charge in [-0.3, -0.25) is 0 Å². The first-order chi connectivity index (χ1) is 27.8. The summed E-state index contributed by atoms with van der Waals surface area (Å²) in [6, 6.07) is 83.0. The Morgan fingerprint density at radius 2 is 0.696 bits per heavy atom. The van der Waals surface area contributed by atoms with Gasteiger partial charge in [-0.1, -0.05) is 176 Å². The number of rotatable bonds is 8. The Morgan fingerprint density at radius 1 is 0.286 bits per heavy atom. The van der Waals surface area contributed by atoms with Gasteiger partial charge in [-0.05, 0) is 88.0 Å². The fraction of sp³-hybridized carbons (Fsp3) is 0. The smallest absolute Gasteiger partial charge is 0.0541 e. The highest BCUT2D eigenvalue weighted by molar-refractivity contribution is 6.09. The minimum absolute atomic E-state index is 1.09. The minimum atomic E-state index is 1.09. The van der Waals surface area contributed by atoms with E-state index < -0.39 is 0 Å². The van der Waals surface area contributed by atoms with Gasteiger partial charge in [0.2, 0.25) is 0 Å². The molecule has 2 heteroatoms. The van der Waals surface area contributed by atoms with Gasteiger partial charge in [0.25, 0.3) is 0 Å². The quantitative estimate of drug-likeness (QED) is 0.152. The molecule has 0 radical (unpaired) electrons. The van der Waals surface area contributed by atoms with E-state index in [1.54, 1.807) is 0 Å². The number of benzene rings is 9. The van der Waals surface area contributed by atoms with Gasteiger partial charge in [0.1, 0.15) is 0 Å². The van der Waals surface area contributed by atoms with Crippen LogP contribution in [0.2, 0.25) is 0 Å². The Kier molecular flexibility index (Phi) is 8.55. The van der Waals surface area contributed by atoms with Crippen molar-refractivity contribution in [3.05, 3.63) is 231 Å². The van der Waals surface area contributed by atoms with Crippen molar-refractivity contribution in [1.29, 1.82) is 0 Å². The lowest BCUT2D eigenvalue weighted by atomic mass is 9.96. The van der Waals surface area contributed by atoms with Crippen molar-refractivity contribution in [3.63, 3.8) is 0 Å². The van der Waals surface area contributed by atoms with E-state index in [-0.39, 0.29) is 0 Å². The fourth-order valence-corrected chi connectivity index (χ4v) is 8.16. The third-order valence-corrected chi connectivity index (χ3v) is 10.8. The number of anilines is 3. The topological polar surface area (TPSA) is 8.17 Å². The summed E-state index contributed by atoms with van der Waals surface area (Å²) in [5.74, 6) is 0. The molecule has 56 heavy (non-hydrogen) atoms. The van der Waals surface area contributed by atoms with Gasteiger partial charge in [0, 0.05) is 33.3 Å². The van der Waals surface area contributed by atoms with Gasteiger partial charge < -0.3 is 9.47 Å². The Hall–Kier alpha value is -7.42. The maximum atomic E-state index is 2.42. The molecule has 0 fully saturated rings. The van der Waals surface area contributed by atoms with Crippen LogP contribution in [0.1, 0.15) is 0 Å². The highest BCUT2D eigenvalue weighted by Crippen LogP contribution is 2.43. The molecule has 0 saturated carbocycles. The summed E-state index contributed by atoms with van der Waals surface area (Å²) >= 11 is 0. The highest BCUT2D eigenvalue weighted by Gasteiger charge is 2.19. The van der Waals surface area contributed by atoms with Crippen LogP contribution < -0.4 is 4.90 Å². The summed E-state index contributed by atoms with van der Waals surface area (Å²) in [4.78, 5) is 2.39. The van der Waals surface area contributed by atoms with Crippen molar-refractivity contribution in [2.24, 2.45) is 0 Å². The molecule has 264 valence electrons. The molecule has 1 aromatic heterocycles. The van der Waals surface area contributed by atoms with Crippen molar-refractivity contribution >= 4 is 38.9 Å². The van der Waals surface area contributed by atoms with E-state index in [9.17, 15) is 0 Å². The summed E-state index contributed by atoms with van der Waals surface area (Å²) in [6.07, 6.45) is 0. The molecule has 0 aliphatic heterocycles. The monoisotopic (exact) mass is 714 g/mol. The van der Waals surface area contributed by atoms with E-state index in [4.69, 9.17) is 0 Å². The van der Waals surface area contributed by atoms with Crippen molar-refractivity contribution in [3.8, 4) is 50.2 Å². The van der Waals surface area contributed by atoms with Gasteiger partial charge in [-0.2, -0.15) is 0 Å². The summed E-state index contributed by atoms with van der Waals surface area (Å²) in [5.41, 5.74) is 16.3. The molecule has 0 unspecified atom stereocenters. The van der Waals surface area contributed by atoms with Crippen LogP contribution in [0.15, 0.2) is 231 Å². The molecule has 2 nitrogen and oxygen atoms in total. The number of para-hydroxylation sites is 4. The molecule has 10 rings (SSSR count). The lowest BCUT2D eigenvalue weighted by Crippen LogP contribution is -2.11. The molecular weight excluding hydrogens is 677 g/mol. The molecule has 0 spiro atoms. The maximum absolute atomic E-state index is 2.42. The first-order valence-electron chi connectivity index (χ1n) is 19.2. The van der Waals surface area contributed by atoms with Crippen LogP contribution in [-0.2, 0) is 0 Å². The Bertz CT molecular complexity index is 2810. The zero-order valence-electron chi connectivity index (χ0n) is 30.8. The van der Waals surface area contributed by atoms with E-state index in [0.717, 1.165) is 33.9 Å². The zero-order chi connectivity index (χ0) is 37.3. The molecule has 0 atom stereocenters. The average Bonchev–Trinajstić information content (AvgIpc) is 3.62. The second-order valence-electron chi connectivity index (χ2n) is 14.1. The lowest BCUT2D eigenvalue weighted by molar-refractivity contribution is 1.18. The second-order valence-corrected chi connectivity index (χ2v) is 14.1.